The molecule has 0 N–H and O–H groups in total. The van der Waals surface area contributed by atoms with Crippen molar-refractivity contribution in [1.29, 1.82) is 0 Å². The molecule has 0 saturated heterocycles. The van der Waals surface area contributed by atoms with Gasteiger partial charge in [0.1, 0.15) is 6.61 Å². The first-order chi connectivity index (χ1) is 10.0. The number of halogens is 11. The number of alkyl halides is 11. The summed E-state index contributed by atoms with van der Waals surface area (Å²) in [6.45, 7) is -3.81. The second-order valence-electron chi connectivity index (χ2n) is 4.00. The van der Waals surface area contributed by atoms with Gasteiger partial charge in [0.05, 0.1) is 6.42 Å². The van der Waals surface area contributed by atoms with E-state index in [1.807, 2.05) is 0 Å². The van der Waals surface area contributed by atoms with Crippen LogP contribution in [0.4, 0.5) is 48.7 Å². The van der Waals surface area contributed by atoms with Gasteiger partial charge in [0.2, 0.25) is 0 Å². The summed E-state index contributed by atoms with van der Waals surface area (Å²) in [5.74, 6) is -9.82. The Bertz CT molecular complexity index is 405. The van der Waals surface area contributed by atoms with Crippen molar-refractivity contribution in [2.24, 2.45) is 0 Å². The van der Waals surface area contributed by atoms with E-state index in [0.29, 0.717) is 0 Å². The molecule has 0 spiro atoms. The van der Waals surface area contributed by atoms with E-state index >= 15 is 0 Å². The minimum Gasteiger partial charge on any atom is -0.434 e. The quantitative estimate of drug-likeness (QED) is 0.332. The SMILES string of the molecule is O=C(OCCC(F)(F)C(F)(F)Br)OCC(F)(F)[C@H](F)C(F)(F)F. The highest BCUT2D eigenvalue weighted by molar-refractivity contribution is 9.10. The summed E-state index contributed by atoms with van der Waals surface area (Å²) in [7, 11) is 0. The predicted molar refractivity (Wildman–Crippen MR) is 56.6 cm³/mol. The molecule has 0 heterocycles. The van der Waals surface area contributed by atoms with Crippen LogP contribution in [0.5, 0.6) is 0 Å². The van der Waals surface area contributed by atoms with E-state index in [4.69, 9.17) is 0 Å². The van der Waals surface area contributed by atoms with Gasteiger partial charge in [-0.2, -0.15) is 39.5 Å². The van der Waals surface area contributed by atoms with Gasteiger partial charge in [0.25, 0.3) is 6.17 Å². The van der Waals surface area contributed by atoms with E-state index in [1.54, 1.807) is 0 Å². The van der Waals surface area contributed by atoms with Crippen LogP contribution < -0.4 is 0 Å². The predicted octanol–water partition coefficient (Wildman–Crippen LogP) is 4.69. The largest absolute Gasteiger partial charge is 0.508 e. The van der Waals surface area contributed by atoms with Crippen LogP contribution in [0.1, 0.15) is 6.42 Å². The number of hydrogen-bond donors (Lipinski definition) is 0. The maximum Gasteiger partial charge on any atom is 0.508 e. The highest BCUT2D eigenvalue weighted by Crippen LogP contribution is 2.41. The second-order valence-corrected chi connectivity index (χ2v) is 5.00. The average molecular weight is 433 g/mol. The van der Waals surface area contributed by atoms with Crippen LogP contribution in [-0.2, 0) is 9.47 Å². The lowest BCUT2D eigenvalue weighted by Gasteiger charge is -2.22. The van der Waals surface area contributed by atoms with Gasteiger partial charge in [-0.25, -0.2) is 9.18 Å². The minimum atomic E-state index is -5.93. The van der Waals surface area contributed by atoms with Crippen molar-refractivity contribution in [3.05, 3.63) is 0 Å². The number of hydrogen-bond acceptors (Lipinski definition) is 3. The maximum absolute atomic E-state index is 12.7. The van der Waals surface area contributed by atoms with Crippen LogP contribution in [0, 0.1) is 0 Å². The molecular weight excluding hydrogens is 426 g/mol. The lowest BCUT2D eigenvalue weighted by atomic mass is 10.2. The lowest BCUT2D eigenvalue weighted by Crippen LogP contribution is -2.45. The fourth-order valence-corrected chi connectivity index (χ4v) is 1.11. The van der Waals surface area contributed by atoms with E-state index in [2.05, 4.69) is 9.47 Å². The summed E-state index contributed by atoms with van der Waals surface area (Å²) in [6.07, 6.45) is -14.5. The Morgan fingerprint density at radius 3 is 1.83 bits per heavy atom. The summed E-state index contributed by atoms with van der Waals surface area (Å²) in [5, 5.41) is 0. The Morgan fingerprint density at radius 1 is 0.957 bits per heavy atom. The molecule has 0 rings (SSSR count). The molecule has 0 aromatic rings. The van der Waals surface area contributed by atoms with Gasteiger partial charge in [0.15, 0.2) is 6.61 Å². The average Bonchev–Trinajstić information content (AvgIpc) is 2.33. The summed E-state index contributed by atoms with van der Waals surface area (Å²) in [6, 6.07) is 0. The van der Waals surface area contributed by atoms with Crippen LogP contribution in [0.3, 0.4) is 0 Å². The normalized spacial score (nSPS) is 15.3. The van der Waals surface area contributed by atoms with Gasteiger partial charge in [-0.3, -0.25) is 0 Å². The van der Waals surface area contributed by atoms with Gasteiger partial charge >= 0.3 is 29.0 Å². The van der Waals surface area contributed by atoms with Gasteiger partial charge in [-0.15, -0.1) is 0 Å². The Labute approximate surface area is 130 Å². The fourth-order valence-electron chi connectivity index (χ4n) is 0.914. The molecule has 138 valence electrons. The van der Waals surface area contributed by atoms with Crippen LogP contribution in [-0.4, -0.2) is 48.4 Å². The van der Waals surface area contributed by atoms with Crippen molar-refractivity contribution >= 4 is 22.1 Å². The summed E-state index contributed by atoms with van der Waals surface area (Å²) < 4.78 is 130. The van der Waals surface area contributed by atoms with E-state index in [-0.39, 0.29) is 0 Å². The van der Waals surface area contributed by atoms with Gasteiger partial charge in [-0.05, 0) is 15.9 Å². The zero-order valence-electron chi connectivity index (χ0n) is 10.6. The third-order valence-electron chi connectivity index (χ3n) is 2.09. The van der Waals surface area contributed by atoms with Gasteiger partial charge in [0, 0.05) is 0 Å². The van der Waals surface area contributed by atoms with Crippen molar-refractivity contribution in [2.45, 2.75) is 35.4 Å². The number of rotatable bonds is 7. The number of ether oxygens (including phenoxy) is 2. The van der Waals surface area contributed by atoms with E-state index < -0.39 is 54.8 Å². The Morgan fingerprint density at radius 2 is 1.43 bits per heavy atom. The van der Waals surface area contributed by atoms with Crippen LogP contribution in [0.25, 0.3) is 0 Å². The topological polar surface area (TPSA) is 35.5 Å². The molecule has 1 atom stereocenters. The number of carbonyl (C=O) groups is 1. The summed E-state index contributed by atoms with van der Waals surface area (Å²) >= 11 is 1.36. The second kappa shape index (κ2) is 7.30. The molecule has 0 saturated carbocycles. The standard InChI is InChI=1S/C9H7BrF10O3/c10-9(19,20)7(14,15)1-2-22-5(21)23-3-6(12,13)4(11)8(16,17)18/h4H,1-3H2/t4-/m0/s1. The molecule has 0 aromatic carbocycles. The molecule has 0 unspecified atom stereocenters. The van der Waals surface area contributed by atoms with Gasteiger partial charge in [-0.1, -0.05) is 0 Å². The van der Waals surface area contributed by atoms with Crippen molar-refractivity contribution in [3.63, 3.8) is 0 Å². The molecule has 0 aliphatic heterocycles. The molecule has 0 aromatic heterocycles. The highest BCUT2D eigenvalue weighted by Gasteiger charge is 2.57. The Kier molecular flexibility index (Phi) is 7.00. The molecule has 14 heteroatoms. The summed E-state index contributed by atoms with van der Waals surface area (Å²) in [5.41, 5.74) is 0. The van der Waals surface area contributed by atoms with Crippen molar-refractivity contribution in [1.82, 2.24) is 0 Å². The fraction of sp³-hybridized carbons (Fsp3) is 0.889. The van der Waals surface area contributed by atoms with Gasteiger partial charge < -0.3 is 9.47 Å². The summed E-state index contributed by atoms with van der Waals surface area (Å²) in [4.78, 5) is 6.03. The minimum absolute atomic E-state index is 1.36. The zero-order valence-corrected chi connectivity index (χ0v) is 12.2. The van der Waals surface area contributed by atoms with Crippen molar-refractivity contribution in [2.75, 3.05) is 13.2 Å². The third kappa shape index (κ3) is 6.99. The van der Waals surface area contributed by atoms with Crippen LogP contribution in [0.2, 0.25) is 0 Å². The lowest BCUT2D eigenvalue weighted by molar-refractivity contribution is -0.252. The molecule has 23 heavy (non-hydrogen) atoms. The third-order valence-corrected chi connectivity index (χ3v) is 2.67. The molecule has 0 bridgehead atoms. The first kappa shape index (κ1) is 22.1. The molecular formula is C9H7BrF10O3. The Hall–Kier alpha value is -0.950. The highest BCUT2D eigenvalue weighted by atomic mass is 79.9. The van der Waals surface area contributed by atoms with E-state index in [0.717, 1.165) is 0 Å². The number of carbonyl (C=O) groups excluding carboxylic acids is 1. The van der Waals surface area contributed by atoms with Crippen LogP contribution in [0.15, 0.2) is 0 Å². The molecule has 3 nitrogen and oxygen atoms in total. The molecule has 0 aliphatic carbocycles. The molecule has 0 aliphatic rings. The first-order valence-corrected chi connectivity index (χ1v) is 6.13. The van der Waals surface area contributed by atoms with Crippen molar-refractivity contribution in [3.8, 4) is 0 Å². The molecule has 0 radical (unpaired) electrons. The molecule has 0 fully saturated rings. The zero-order chi connectivity index (χ0) is 18.7. The smallest absolute Gasteiger partial charge is 0.434 e. The van der Waals surface area contributed by atoms with Crippen molar-refractivity contribution < 1.29 is 58.2 Å². The van der Waals surface area contributed by atoms with E-state index in [1.165, 1.54) is 15.9 Å². The molecule has 0 amide bonds. The monoisotopic (exact) mass is 432 g/mol. The van der Waals surface area contributed by atoms with Crippen LogP contribution >= 0.6 is 15.9 Å². The maximum atomic E-state index is 12.7. The Balaban J connectivity index is 4.33. The van der Waals surface area contributed by atoms with E-state index in [9.17, 15) is 48.7 Å². The first-order valence-electron chi connectivity index (χ1n) is 5.33.